The molecule has 12 heteroatoms. The van der Waals surface area contributed by atoms with Gasteiger partial charge in [-0.05, 0) is 18.6 Å². The number of aryl methyl sites for hydroxylation is 1. The van der Waals surface area contributed by atoms with E-state index in [9.17, 15) is 9.59 Å². The average Bonchev–Trinajstić information content (AvgIpc) is 3.47. The third-order valence-corrected chi connectivity index (χ3v) is 6.09. The molecule has 0 saturated heterocycles. The van der Waals surface area contributed by atoms with Crippen LogP contribution in [0.15, 0.2) is 65.9 Å². The lowest BCUT2D eigenvalue weighted by atomic mass is 9.95. The van der Waals surface area contributed by atoms with Crippen molar-refractivity contribution in [2.75, 3.05) is 0 Å². The first-order chi connectivity index (χ1) is 17.6. The Kier molecular flexibility index (Phi) is 6.65. The molecule has 0 bridgehead atoms. The van der Waals surface area contributed by atoms with Crippen LogP contribution in [0.2, 0.25) is 0 Å². The number of nitrogens with zero attached hydrogens (tertiary/aromatic N) is 4. The van der Waals surface area contributed by atoms with Crippen LogP contribution in [-0.4, -0.2) is 37.2 Å². The van der Waals surface area contributed by atoms with E-state index in [2.05, 4.69) is 10.3 Å². The number of aliphatic imine (C=N–C) groups is 1. The molecule has 0 aliphatic carbocycles. The molecule has 1 aliphatic heterocycles. The minimum absolute atomic E-state index is 0.00868. The van der Waals surface area contributed by atoms with E-state index in [4.69, 9.17) is 26.8 Å². The van der Waals surface area contributed by atoms with E-state index in [1.807, 2.05) is 84.0 Å². The standard InChI is InChI=1S/C25H24N6O2.HNO3/c1-3-20(28-25(26)27)31-13-17(15-9-5-7-11-19(15)31)22-21(23(32)29-24(22)33)16-12-30(2)18-10-6-4-8-14(16)18;2-1(3)4/h4-13,20H,3H2,1-2H3,(H4,26,27,28)(H,29,32,33);(H,2,3,4). The van der Waals surface area contributed by atoms with Gasteiger partial charge < -0.3 is 25.8 Å². The minimum Gasteiger partial charge on any atom is -0.370 e. The molecule has 5 rings (SSSR count). The van der Waals surface area contributed by atoms with Crippen molar-refractivity contribution < 1.29 is 19.9 Å². The van der Waals surface area contributed by atoms with Crippen LogP contribution < -0.4 is 16.8 Å². The lowest BCUT2D eigenvalue weighted by Gasteiger charge is -2.14. The number of para-hydroxylation sites is 2. The summed E-state index contributed by atoms with van der Waals surface area (Å²) in [4.78, 5) is 38.9. The predicted octanol–water partition coefficient (Wildman–Crippen LogP) is 2.53. The third-order valence-electron chi connectivity index (χ3n) is 6.09. The van der Waals surface area contributed by atoms with E-state index >= 15 is 0 Å². The molecule has 1 unspecified atom stereocenters. The molecular formula is C25H25N7O5. The summed E-state index contributed by atoms with van der Waals surface area (Å²) in [5.41, 5.74) is 15.3. The molecule has 2 aromatic heterocycles. The lowest BCUT2D eigenvalue weighted by molar-refractivity contribution is -0.742. The molecule has 0 saturated carbocycles. The van der Waals surface area contributed by atoms with Gasteiger partial charge >= 0.3 is 0 Å². The van der Waals surface area contributed by atoms with Gasteiger partial charge in [-0.2, -0.15) is 0 Å². The number of hydrogen-bond acceptors (Lipinski definition) is 5. The van der Waals surface area contributed by atoms with Gasteiger partial charge in [-0.25, -0.2) is 4.99 Å². The zero-order valence-corrected chi connectivity index (χ0v) is 20.1. The van der Waals surface area contributed by atoms with Crippen molar-refractivity contribution in [1.82, 2.24) is 14.5 Å². The molecule has 37 heavy (non-hydrogen) atoms. The molecule has 0 spiro atoms. The van der Waals surface area contributed by atoms with Crippen molar-refractivity contribution in [3.63, 3.8) is 0 Å². The van der Waals surface area contributed by atoms with Gasteiger partial charge in [0, 0.05) is 46.9 Å². The van der Waals surface area contributed by atoms with E-state index in [0.29, 0.717) is 23.1 Å². The normalized spacial score (nSPS) is 13.9. The smallest absolute Gasteiger partial charge is 0.291 e. The number of carbonyl (C=O) groups is 2. The Morgan fingerprint density at radius 1 is 1.00 bits per heavy atom. The highest BCUT2D eigenvalue weighted by Crippen LogP contribution is 2.39. The Balaban J connectivity index is 0.000000747. The lowest BCUT2D eigenvalue weighted by Crippen LogP contribution is -2.24. The van der Waals surface area contributed by atoms with Crippen LogP contribution in [0.25, 0.3) is 33.0 Å². The molecule has 0 radical (unpaired) electrons. The van der Waals surface area contributed by atoms with Gasteiger partial charge in [0.05, 0.1) is 16.7 Å². The van der Waals surface area contributed by atoms with Crippen molar-refractivity contribution in [3.05, 3.63) is 82.2 Å². The number of fused-ring (bicyclic) bond motifs is 2. The first kappa shape index (κ1) is 25.0. The fourth-order valence-electron chi connectivity index (χ4n) is 4.68. The second-order valence-electron chi connectivity index (χ2n) is 8.35. The van der Waals surface area contributed by atoms with Crippen molar-refractivity contribution in [2.45, 2.75) is 19.5 Å². The second-order valence-corrected chi connectivity index (χ2v) is 8.35. The van der Waals surface area contributed by atoms with Crippen LogP contribution in [0.1, 0.15) is 30.6 Å². The quantitative estimate of drug-likeness (QED) is 0.106. The Morgan fingerprint density at radius 2 is 1.49 bits per heavy atom. The number of guanidine groups is 1. The van der Waals surface area contributed by atoms with Crippen molar-refractivity contribution in [1.29, 1.82) is 0 Å². The number of carbonyl (C=O) groups excluding carboxylic acids is 2. The van der Waals surface area contributed by atoms with Crippen molar-refractivity contribution >= 4 is 50.7 Å². The van der Waals surface area contributed by atoms with Gasteiger partial charge in [-0.1, -0.05) is 43.3 Å². The molecule has 2 aromatic carbocycles. The van der Waals surface area contributed by atoms with Gasteiger partial charge in [0.2, 0.25) is 0 Å². The zero-order chi connectivity index (χ0) is 26.9. The maximum absolute atomic E-state index is 13.1. The topological polar surface area (TPSA) is 184 Å². The Labute approximate surface area is 210 Å². The maximum Gasteiger partial charge on any atom is 0.291 e. The number of hydrogen-bond donors (Lipinski definition) is 4. The summed E-state index contributed by atoms with van der Waals surface area (Å²) < 4.78 is 3.91. The second kappa shape index (κ2) is 9.85. The summed E-state index contributed by atoms with van der Waals surface area (Å²) in [6, 6.07) is 15.5. The van der Waals surface area contributed by atoms with E-state index in [1.54, 1.807) is 0 Å². The number of nitrogens with one attached hydrogen (secondary N) is 1. The summed E-state index contributed by atoms with van der Waals surface area (Å²) >= 11 is 0. The molecule has 1 aliphatic rings. The highest BCUT2D eigenvalue weighted by Gasteiger charge is 2.35. The highest BCUT2D eigenvalue weighted by atomic mass is 16.9. The van der Waals surface area contributed by atoms with Crippen LogP contribution in [0.3, 0.4) is 0 Å². The summed E-state index contributed by atoms with van der Waals surface area (Å²) in [6.07, 6.45) is 4.07. The molecule has 190 valence electrons. The molecule has 4 aromatic rings. The number of aromatic nitrogens is 2. The zero-order valence-electron chi connectivity index (χ0n) is 20.1. The SMILES string of the molecule is CCC(N=C(N)N)n1cc(C2=C(c3cn(C)c4ccccc34)C(=O)NC2=O)c2ccccc21.O=[N+]([O-])O. The average molecular weight is 504 g/mol. The summed E-state index contributed by atoms with van der Waals surface area (Å²) in [5, 5.41) is 17.9. The molecule has 2 amide bonds. The van der Waals surface area contributed by atoms with Gasteiger partial charge in [-0.3, -0.25) is 14.9 Å². The molecular weight excluding hydrogens is 478 g/mol. The molecule has 12 nitrogen and oxygen atoms in total. The Morgan fingerprint density at radius 3 is 2.03 bits per heavy atom. The van der Waals surface area contributed by atoms with Gasteiger partial charge in [0.25, 0.3) is 16.9 Å². The van der Waals surface area contributed by atoms with E-state index in [-0.39, 0.29) is 12.1 Å². The van der Waals surface area contributed by atoms with Gasteiger partial charge in [-0.15, -0.1) is 10.1 Å². The van der Waals surface area contributed by atoms with Crippen molar-refractivity contribution in [3.8, 4) is 0 Å². The number of imide groups is 1. The van der Waals surface area contributed by atoms with Gasteiger partial charge in [0.15, 0.2) is 5.96 Å². The summed E-state index contributed by atoms with van der Waals surface area (Å²) in [7, 11) is 1.92. The molecule has 6 N–H and O–H groups in total. The molecule has 3 heterocycles. The first-order valence-electron chi connectivity index (χ1n) is 11.3. The van der Waals surface area contributed by atoms with Crippen LogP contribution in [0, 0.1) is 10.1 Å². The Bertz CT molecular complexity index is 1600. The fraction of sp³-hybridized carbons (Fsp3) is 0.160. The van der Waals surface area contributed by atoms with Crippen LogP contribution >= 0.6 is 0 Å². The van der Waals surface area contributed by atoms with Crippen LogP contribution in [0.4, 0.5) is 0 Å². The minimum atomic E-state index is -1.50. The predicted molar refractivity (Wildman–Crippen MR) is 139 cm³/mol. The largest absolute Gasteiger partial charge is 0.370 e. The van der Waals surface area contributed by atoms with E-state index in [0.717, 1.165) is 27.4 Å². The molecule has 1 atom stereocenters. The fourth-order valence-corrected chi connectivity index (χ4v) is 4.68. The first-order valence-corrected chi connectivity index (χ1v) is 11.3. The summed E-state index contributed by atoms with van der Waals surface area (Å²) in [6.45, 7) is 1.98. The summed E-state index contributed by atoms with van der Waals surface area (Å²) in [5.74, 6) is -0.828. The molecule has 0 fully saturated rings. The van der Waals surface area contributed by atoms with E-state index < -0.39 is 16.9 Å². The monoisotopic (exact) mass is 503 g/mol. The van der Waals surface area contributed by atoms with Crippen LogP contribution in [-0.2, 0) is 16.6 Å². The van der Waals surface area contributed by atoms with E-state index in [1.165, 1.54) is 0 Å². The Hall–Kier alpha value is -5.13. The number of benzene rings is 2. The number of rotatable bonds is 5. The van der Waals surface area contributed by atoms with Gasteiger partial charge in [0.1, 0.15) is 6.17 Å². The number of nitrogens with two attached hydrogens (primary N) is 2. The highest BCUT2D eigenvalue weighted by molar-refractivity contribution is 6.50. The third kappa shape index (κ3) is 4.59. The number of amides is 2. The maximum atomic E-state index is 13.1. The van der Waals surface area contributed by atoms with Crippen molar-refractivity contribution in [2.24, 2.45) is 23.5 Å². The van der Waals surface area contributed by atoms with Crippen LogP contribution in [0.5, 0.6) is 0 Å².